The number of aromatic nitrogens is 1. The van der Waals surface area contributed by atoms with Gasteiger partial charge in [0.1, 0.15) is 0 Å². The first-order valence-corrected chi connectivity index (χ1v) is 7.34. The highest BCUT2D eigenvalue weighted by Crippen LogP contribution is 2.29. The standard InChI is InChI=1S/C17H14ClN3O2/c18-14-9-11(17(19)22)5-6-16(14)21-10-12(7-8-20-23)13-3-1-2-4-15(13)21/h1-6,8-10,23H,7H2,(H2,19,22). The number of fused-ring (bicyclic) bond motifs is 1. The van der Waals surface area contributed by atoms with Crippen LogP contribution in [0.15, 0.2) is 53.8 Å². The molecular weight excluding hydrogens is 314 g/mol. The summed E-state index contributed by atoms with van der Waals surface area (Å²) in [6.07, 6.45) is 3.88. The lowest BCUT2D eigenvalue weighted by molar-refractivity contribution is 0.100. The third kappa shape index (κ3) is 2.78. The summed E-state index contributed by atoms with van der Waals surface area (Å²) in [5.74, 6) is -0.518. The molecule has 5 nitrogen and oxygen atoms in total. The van der Waals surface area contributed by atoms with E-state index >= 15 is 0 Å². The SMILES string of the molecule is NC(=O)c1ccc(-n2cc(CC=NO)c3ccccc32)c(Cl)c1. The van der Waals surface area contributed by atoms with Crippen molar-refractivity contribution in [1.29, 1.82) is 0 Å². The van der Waals surface area contributed by atoms with E-state index in [-0.39, 0.29) is 0 Å². The molecular formula is C17H14ClN3O2. The molecule has 1 heterocycles. The molecule has 0 aliphatic heterocycles. The molecule has 0 spiro atoms. The normalized spacial score (nSPS) is 11.3. The maximum Gasteiger partial charge on any atom is 0.248 e. The summed E-state index contributed by atoms with van der Waals surface area (Å²) in [6.45, 7) is 0. The first kappa shape index (κ1) is 15.1. The zero-order chi connectivity index (χ0) is 16.4. The average Bonchev–Trinajstić information content (AvgIpc) is 2.91. The van der Waals surface area contributed by atoms with Crippen LogP contribution in [0.2, 0.25) is 5.02 Å². The number of amides is 1. The fourth-order valence-electron chi connectivity index (χ4n) is 2.61. The second kappa shape index (κ2) is 6.14. The van der Waals surface area contributed by atoms with Crippen molar-refractivity contribution < 1.29 is 10.0 Å². The van der Waals surface area contributed by atoms with E-state index in [1.807, 2.05) is 35.0 Å². The lowest BCUT2D eigenvalue weighted by Crippen LogP contribution is -2.11. The van der Waals surface area contributed by atoms with Crippen LogP contribution in [0, 0.1) is 0 Å². The largest absolute Gasteiger partial charge is 0.411 e. The quantitative estimate of drug-likeness (QED) is 0.437. The van der Waals surface area contributed by atoms with Crippen LogP contribution in [0.5, 0.6) is 0 Å². The highest BCUT2D eigenvalue weighted by atomic mass is 35.5. The number of carbonyl (C=O) groups is 1. The van der Waals surface area contributed by atoms with Gasteiger partial charge in [-0.3, -0.25) is 4.79 Å². The minimum atomic E-state index is -0.518. The van der Waals surface area contributed by atoms with Gasteiger partial charge in [-0.05, 0) is 29.8 Å². The Bertz CT molecular complexity index is 915. The summed E-state index contributed by atoms with van der Waals surface area (Å²) in [6, 6.07) is 12.8. The van der Waals surface area contributed by atoms with Crippen LogP contribution in [0.25, 0.3) is 16.6 Å². The maximum atomic E-state index is 11.3. The fraction of sp³-hybridized carbons (Fsp3) is 0.0588. The Morgan fingerprint density at radius 2 is 2.09 bits per heavy atom. The lowest BCUT2D eigenvalue weighted by Gasteiger charge is -2.08. The molecule has 0 aliphatic rings. The van der Waals surface area contributed by atoms with Gasteiger partial charge in [-0.25, -0.2) is 0 Å². The van der Waals surface area contributed by atoms with E-state index in [1.165, 1.54) is 6.21 Å². The van der Waals surface area contributed by atoms with Crippen LogP contribution in [-0.4, -0.2) is 21.9 Å². The molecule has 0 unspecified atom stereocenters. The number of nitrogens with two attached hydrogens (primary N) is 1. The smallest absolute Gasteiger partial charge is 0.248 e. The van der Waals surface area contributed by atoms with Crippen molar-refractivity contribution in [3.63, 3.8) is 0 Å². The molecule has 23 heavy (non-hydrogen) atoms. The number of rotatable bonds is 4. The van der Waals surface area contributed by atoms with Gasteiger partial charge in [0.15, 0.2) is 0 Å². The monoisotopic (exact) mass is 327 g/mol. The number of benzene rings is 2. The predicted molar refractivity (Wildman–Crippen MR) is 90.8 cm³/mol. The third-order valence-corrected chi connectivity index (χ3v) is 3.98. The van der Waals surface area contributed by atoms with Gasteiger partial charge in [-0.1, -0.05) is 29.8 Å². The Labute approximate surface area is 137 Å². The van der Waals surface area contributed by atoms with Gasteiger partial charge in [-0.15, -0.1) is 5.16 Å². The zero-order valence-electron chi connectivity index (χ0n) is 12.1. The molecule has 2 aromatic carbocycles. The molecule has 6 heteroatoms. The molecule has 3 rings (SSSR count). The van der Waals surface area contributed by atoms with E-state index < -0.39 is 5.91 Å². The number of nitrogens with zero attached hydrogens (tertiary/aromatic N) is 2. The molecule has 0 radical (unpaired) electrons. The van der Waals surface area contributed by atoms with Crippen molar-refractivity contribution in [3.05, 3.63) is 64.8 Å². The maximum absolute atomic E-state index is 11.3. The minimum absolute atomic E-state index is 0.364. The van der Waals surface area contributed by atoms with E-state index in [2.05, 4.69) is 5.16 Å². The topological polar surface area (TPSA) is 80.6 Å². The summed E-state index contributed by atoms with van der Waals surface area (Å²) >= 11 is 6.33. The van der Waals surface area contributed by atoms with E-state index in [0.717, 1.165) is 22.2 Å². The van der Waals surface area contributed by atoms with Crippen LogP contribution in [0.1, 0.15) is 15.9 Å². The Kier molecular flexibility index (Phi) is 4.04. The molecule has 1 amide bonds. The molecule has 0 atom stereocenters. The average molecular weight is 328 g/mol. The fourth-order valence-corrected chi connectivity index (χ4v) is 2.88. The van der Waals surface area contributed by atoms with Gasteiger partial charge in [0.25, 0.3) is 0 Å². The predicted octanol–water partition coefficient (Wildman–Crippen LogP) is 3.39. The van der Waals surface area contributed by atoms with Crippen molar-refractivity contribution >= 4 is 34.6 Å². The summed E-state index contributed by atoms with van der Waals surface area (Å²) < 4.78 is 1.95. The number of para-hydroxylation sites is 1. The molecule has 3 aromatic rings. The van der Waals surface area contributed by atoms with Gasteiger partial charge in [0, 0.05) is 29.8 Å². The summed E-state index contributed by atoms with van der Waals surface area (Å²) in [5.41, 5.74) is 8.37. The Morgan fingerprint density at radius 1 is 1.30 bits per heavy atom. The van der Waals surface area contributed by atoms with Crippen LogP contribution in [0.3, 0.4) is 0 Å². The van der Waals surface area contributed by atoms with Gasteiger partial charge in [0.2, 0.25) is 5.91 Å². The number of hydrogen-bond donors (Lipinski definition) is 2. The molecule has 0 saturated carbocycles. The summed E-state index contributed by atoms with van der Waals surface area (Å²) in [7, 11) is 0. The molecule has 1 aromatic heterocycles. The second-order valence-corrected chi connectivity index (χ2v) is 5.48. The Hall–Kier alpha value is -2.79. The number of halogens is 1. The van der Waals surface area contributed by atoms with Gasteiger partial charge < -0.3 is 15.5 Å². The number of hydrogen-bond acceptors (Lipinski definition) is 3. The summed E-state index contributed by atoms with van der Waals surface area (Å²) in [4.78, 5) is 11.3. The van der Waals surface area contributed by atoms with E-state index in [1.54, 1.807) is 18.2 Å². The van der Waals surface area contributed by atoms with Crippen molar-refractivity contribution in [2.45, 2.75) is 6.42 Å². The summed E-state index contributed by atoms with van der Waals surface area (Å²) in [5, 5.41) is 13.2. The van der Waals surface area contributed by atoms with E-state index in [0.29, 0.717) is 17.0 Å². The van der Waals surface area contributed by atoms with Crippen molar-refractivity contribution in [2.75, 3.05) is 0 Å². The molecule has 3 N–H and O–H groups in total. The van der Waals surface area contributed by atoms with E-state index in [4.69, 9.17) is 22.5 Å². The highest BCUT2D eigenvalue weighted by molar-refractivity contribution is 6.32. The Morgan fingerprint density at radius 3 is 2.78 bits per heavy atom. The first-order chi connectivity index (χ1) is 11.1. The van der Waals surface area contributed by atoms with Crippen LogP contribution >= 0.6 is 11.6 Å². The van der Waals surface area contributed by atoms with Crippen molar-refractivity contribution in [2.24, 2.45) is 10.9 Å². The second-order valence-electron chi connectivity index (χ2n) is 5.07. The highest BCUT2D eigenvalue weighted by Gasteiger charge is 2.12. The lowest BCUT2D eigenvalue weighted by atomic mass is 10.1. The van der Waals surface area contributed by atoms with Gasteiger partial charge in [0.05, 0.1) is 16.2 Å². The van der Waals surface area contributed by atoms with Crippen LogP contribution in [-0.2, 0) is 6.42 Å². The molecule has 0 fully saturated rings. The molecule has 0 saturated heterocycles. The van der Waals surface area contributed by atoms with Crippen LogP contribution in [0.4, 0.5) is 0 Å². The molecule has 116 valence electrons. The molecule has 0 aliphatic carbocycles. The van der Waals surface area contributed by atoms with Crippen LogP contribution < -0.4 is 5.73 Å². The number of oxime groups is 1. The van der Waals surface area contributed by atoms with Gasteiger partial charge >= 0.3 is 0 Å². The number of carbonyl (C=O) groups excluding carboxylic acids is 1. The van der Waals surface area contributed by atoms with E-state index in [9.17, 15) is 4.79 Å². The minimum Gasteiger partial charge on any atom is -0.411 e. The third-order valence-electron chi connectivity index (χ3n) is 3.68. The Balaban J connectivity index is 2.18. The zero-order valence-corrected chi connectivity index (χ0v) is 12.9. The van der Waals surface area contributed by atoms with Crippen molar-refractivity contribution in [3.8, 4) is 5.69 Å². The molecule has 0 bridgehead atoms. The first-order valence-electron chi connectivity index (χ1n) is 6.96. The van der Waals surface area contributed by atoms with Crippen molar-refractivity contribution in [1.82, 2.24) is 4.57 Å². The number of primary amides is 1. The van der Waals surface area contributed by atoms with Gasteiger partial charge in [-0.2, -0.15) is 0 Å².